The third-order valence-electron chi connectivity index (χ3n) is 7.54. The van der Waals surface area contributed by atoms with E-state index in [9.17, 15) is 19.1 Å². The highest BCUT2D eigenvalue weighted by molar-refractivity contribution is 8.00. The van der Waals surface area contributed by atoms with E-state index in [1.807, 2.05) is 29.3 Å². The lowest BCUT2D eigenvalue weighted by Crippen LogP contribution is -2.66. The number of hydrogen-bond acceptors (Lipinski definition) is 6. The molecule has 184 valence electrons. The molecule has 1 unspecified atom stereocenters. The van der Waals surface area contributed by atoms with Gasteiger partial charge in [-0.15, -0.1) is 11.8 Å². The number of carbonyl (C=O) groups excluding carboxylic acids is 1. The van der Waals surface area contributed by atoms with E-state index in [4.69, 9.17) is 4.74 Å². The Morgan fingerprint density at radius 1 is 1.06 bits per heavy atom. The Kier molecular flexibility index (Phi) is 4.60. The highest BCUT2D eigenvalue weighted by atomic mass is 32.2. The number of amides is 1. The van der Waals surface area contributed by atoms with Crippen LogP contribution in [0.15, 0.2) is 58.4 Å². The summed E-state index contributed by atoms with van der Waals surface area (Å²) in [5.41, 5.74) is 0.972. The first-order valence-corrected chi connectivity index (χ1v) is 12.6. The Labute approximate surface area is 208 Å². The summed E-state index contributed by atoms with van der Waals surface area (Å²) in [7, 11) is 0. The van der Waals surface area contributed by atoms with E-state index in [1.165, 1.54) is 16.9 Å². The van der Waals surface area contributed by atoms with Crippen LogP contribution in [0.1, 0.15) is 46.1 Å². The molecule has 7 nitrogen and oxygen atoms in total. The molecule has 1 aromatic heterocycles. The van der Waals surface area contributed by atoms with Crippen LogP contribution < -0.4 is 10.4 Å². The summed E-state index contributed by atoms with van der Waals surface area (Å²) in [6.45, 7) is 0.749. The van der Waals surface area contributed by atoms with E-state index in [0.29, 0.717) is 30.6 Å². The number of carbonyl (C=O) groups is 1. The van der Waals surface area contributed by atoms with Gasteiger partial charge in [0.05, 0.1) is 19.3 Å². The van der Waals surface area contributed by atoms with Gasteiger partial charge < -0.3 is 14.7 Å². The summed E-state index contributed by atoms with van der Waals surface area (Å²) >= 11 is 1.54. The summed E-state index contributed by atoms with van der Waals surface area (Å²) < 4.78 is 36.9. The van der Waals surface area contributed by atoms with Crippen molar-refractivity contribution in [1.82, 2.24) is 9.58 Å². The van der Waals surface area contributed by atoms with E-state index in [2.05, 4.69) is 0 Å². The van der Waals surface area contributed by atoms with E-state index >= 15 is 4.39 Å². The quantitative estimate of drug-likeness (QED) is 0.542. The number of fused-ring (bicyclic) bond motifs is 5. The third kappa shape index (κ3) is 2.88. The Morgan fingerprint density at radius 2 is 1.86 bits per heavy atom. The van der Waals surface area contributed by atoms with Crippen molar-refractivity contribution in [3.63, 3.8) is 0 Å². The monoisotopic (exact) mass is 509 g/mol. The normalized spacial score (nSPS) is 23.4. The number of aromatic nitrogens is 1. The molecular formula is C26H21F2N3O4S. The second-order valence-corrected chi connectivity index (χ2v) is 10.9. The van der Waals surface area contributed by atoms with Gasteiger partial charge in [-0.2, -0.15) is 0 Å². The van der Waals surface area contributed by atoms with Crippen molar-refractivity contribution in [3.8, 4) is 5.75 Å². The molecule has 0 radical (unpaired) electrons. The van der Waals surface area contributed by atoms with Crippen molar-refractivity contribution in [3.05, 3.63) is 92.9 Å². The highest BCUT2D eigenvalue weighted by Gasteiger charge is 2.54. The molecule has 4 aliphatic rings. The number of ether oxygens (including phenoxy) is 1. The van der Waals surface area contributed by atoms with Gasteiger partial charge in [0, 0.05) is 34.0 Å². The summed E-state index contributed by atoms with van der Waals surface area (Å²) in [5, 5.41) is 12.5. The molecule has 3 aliphatic heterocycles. The molecule has 1 aliphatic carbocycles. The maximum Gasteiger partial charge on any atom is 0.278 e. The minimum absolute atomic E-state index is 0.153. The minimum atomic E-state index is -0.900. The number of halogens is 2. The second kappa shape index (κ2) is 7.57. The van der Waals surface area contributed by atoms with Gasteiger partial charge in [-0.25, -0.2) is 8.78 Å². The number of morpholine rings is 1. The number of nitrogens with zero attached hydrogens (tertiary/aromatic N) is 3. The van der Waals surface area contributed by atoms with Crippen molar-refractivity contribution >= 4 is 17.7 Å². The Hall–Kier alpha value is -3.37. The van der Waals surface area contributed by atoms with Crippen LogP contribution in [0, 0.1) is 11.6 Å². The Bertz CT molecular complexity index is 1500. The van der Waals surface area contributed by atoms with Crippen molar-refractivity contribution in [2.24, 2.45) is 0 Å². The zero-order valence-electron chi connectivity index (χ0n) is 19.0. The number of rotatable bonds is 1. The standard InChI is InChI=1S/C26H21F2N3O4S/c27-16-6-5-15-20(21(16)28)26(8-9-26)36-18-4-2-1-3-14(18)22(15)31-19-13-35-12-11-29(19)25(34)23-24(33)17(32)7-10-30(23)31/h1-7,10,19,22,33H,8-9,11-13H2/t19-,22?/m1/s1. The van der Waals surface area contributed by atoms with Crippen LogP contribution in [0.25, 0.3) is 0 Å². The van der Waals surface area contributed by atoms with Crippen molar-refractivity contribution < 1.29 is 23.4 Å². The number of benzene rings is 2. The highest BCUT2D eigenvalue weighted by Crippen LogP contribution is 2.64. The van der Waals surface area contributed by atoms with Gasteiger partial charge in [-0.1, -0.05) is 24.3 Å². The van der Waals surface area contributed by atoms with Crippen LogP contribution in [0.2, 0.25) is 0 Å². The van der Waals surface area contributed by atoms with Gasteiger partial charge in [-0.05, 0) is 36.1 Å². The average molecular weight is 510 g/mol. The van der Waals surface area contributed by atoms with Gasteiger partial charge >= 0.3 is 0 Å². The smallest absolute Gasteiger partial charge is 0.278 e. The van der Waals surface area contributed by atoms with Gasteiger partial charge in [-0.3, -0.25) is 19.3 Å². The first kappa shape index (κ1) is 21.9. The van der Waals surface area contributed by atoms with Gasteiger partial charge in [0.2, 0.25) is 5.43 Å². The van der Waals surface area contributed by atoms with Crippen LogP contribution in [0.3, 0.4) is 0 Å². The number of hydrogen-bond donors (Lipinski definition) is 1. The summed E-state index contributed by atoms with van der Waals surface area (Å²) in [6, 6.07) is 11.0. The molecule has 1 spiro atoms. The molecule has 7 rings (SSSR count). The summed E-state index contributed by atoms with van der Waals surface area (Å²) in [6.07, 6.45) is 2.28. The SMILES string of the molecule is O=C1c2c(O)c(=O)ccn2N(C2c3ccccc3SC3(CC3)c3c2ccc(F)c3F)[C@@H]2COCCN12. The average Bonchev–Trinajstić information content (AvgIpc) is 3.67. The van der Waals surface area contributed by atoms with Crippen molar-refractivity contribution in [2.75, 3.05) is 24.8 Å². The molecule has 1 N–H and O–H groups in total. The molecule has 1 saturated heterocycles. The maximum absolute atomic E-state index is 15.6. The maximum atomic E-state index is 15.6. The molecule has 2 fully saturated rings. The third-order valence-corrected chi connectivity index (χ3v) is 9.13. The minimum Gasteiger partial charge on any atom is -0.502 e. The van der Waals surface area contributed by atoms with Crippen LogP contribution in [-0.4, -0.2) is 46.5 Å². The van der Waals surface area contributed by atoms with Crippen LogP contribution >= 0.6 is 11.8 Å². The fourth-order valence-corrected chi connectivity index (χ4v) is 7.25. The fourth-order valence-electron chi connectivity index (χ4n) is 5.77. The van der Waals surface area contributed by atoms with Crippen LogP contribution in [0.4, 0.5) is 8.78 Å². The zero-order valence-corrected chi connectivity index (χ0v) is 19.8. The molecule has 10 heteroatoms. The largest absolute Gasteiger partial charge is 0.502 e. The first-order chi connectivity index (χ1) is 17.4. The lowest BCUT2D eigenvalue weighted by atomic mass is 9.90. The molecule has 1 saturated carbocycles. The Morgan fingerprint density at radius 3 is 2.67 bits per heavy atom. The molecule has 36 heavy (non-hydrogen) atoms. The number of aromatic hydroxyl groups is 1. The molecule has 2 atom stereocenters. The molecule has 0 bridgehead atoms. The van der Waals surface area contributed by atoms with Crippen molar-refractivity contribution in [1.29, 1.82) is 0 Å². The van der Waals surface area contributed by atoms with E-state index in [0.717, 1.165) is 16.5 Å². The molecule has 3 aromatic rings. The number of pyridine rings is 1. The van der Waals surface area contributed by atoms with Gasteiger partial charge in [0.15, 0.2) is 23.1 Å². The van der Waals surface area contributed by atoms with Gasteiger partial charge in [0.25, 0.3) is 5.91 Å². The molecule has 2 aromatic carbocycles. The summed E-state index contributed by atoms with van der Waals surface area (Å²) in [5.74, 6) is -2.88. The molecular weight excluding hydrogens is 488 g/mol. The topological polar surface area (TPSA) is 75.0 Å². The van der Waals surface area contributed by atoms with E-state index in [-0.39, 0.29) is 18.8 Å². The zero-order chi connectivity index (χ0) is 24.8. The van der Waals surface area contributed by atoms with E-state index in [1.54, 1.807) is 22.7 Å². The van der Waals surface area contributed by atoms with Gasteiger partial charge in [0.1, 0.15) is 6.17 Å². The van der Waals surface area contributed by atoms with Crippen molar-refractivity contribution in [2.45, 2.75) is 34.7 Å². The van der Waals surface area contributed by atoms with Crippen LogP contribution in [-0.2, 0) is 9.48 Å². The Balaban J connectivity index is 1.56. The van der Waals surface area contributed by atoms with Crippen LogP contribution in [0.5, 0.6) is 5.75 Å². The fraction of sp³-hybridized carbons (Fsp3) is 0.308. The summed E-state index contributed by atoms with van der Waals surface area (Å²) in [4.78, 5) is 28.3. The predicted octanol–water partition coefficient (Wildman–Crippen LogP) is 3.47. The predicted molar refractivity (Wildman–Crippen MR) is 128 cm³/mol. The van der Waals surface area contributed by atoms with E-state index < -0.39 is 45.7 Å². The lowest BCUT2D eigenvalue weighted by Gasteiger charge is -2.51. The first-order valence-electron chi connectivity index (χ1n) is 11.8. The lowest BCUT2D eigenvalue weighted by molar-refractivity contribution is -0.0197. The number of thioether (sulfide) groups is 1. The molecule has 1 amide bonds. The molecule has 4 heterocycles. The second-order valence-electron chi connectivity index (χ2n) is 9.52.